The largest absolute Gasteiger partial charge is 0.417 e. The molecule has 0 fully saturated rings. The van der Waals surface area contributed by atoms with Crippen LogP contribution in [0.1, 0.15) is 45.5 Å². The van der Waals surface area contributed by atoms with Crippen LogP contribution in [0.3, 0.4) is 0 Å². The minimum absolute atomic E-state index is 0.0433. The van der Waals surface area contributed by atoms with Gasteiger partial charge in [-0.25, -0.2) is 14.6 Å². The number of H-pyrrole nitrogens is 3. The number of carbonyl (C=O) groups excluding carboxylic acids is 2. The standard InChI is InChI=1S/C10H11NO.C8H8N2O.C7H6N2O2.C6H6N2OS/c1-7-4-8-5-9(12)2-3-10(8)11-6-7;1-5-2-3-9-8-6(5)4-7(11)10-8;1-4-2-8-3-5-6(4)11-7(10)9-5;1-3-2-10-5-4(3)7-6(9)8-5/h4,6H,2-3,5H2,1H3;2-3H,4H2,1H3,(H,9,10,11);2-3H,1H3,(H,9,10);2H,1H3,(H2,7,8,9). The molecule has 0 unspecified atom stereocenters. The first kappa shape index (κ1) is 30.3. The van der Waals surface area contributed by atoms with Crippen molar-refractivity contribution in [2.24, 2.45) is 0 Å². The van der Waals surface area contributed by atoms with Crippen LogP contribution in [-0.4, -0.2) is 41.6 Å². The van der Waals surface area contributed by atoms with Crippen molar-refractivity contribution < 1.29 is 14.0 Å². The van der Waals surface area contributed by atoms with Crippen LogP contribution in [0.5, 0.6) is 0 Å². The highest BCUT2D eigenvalue weighted by Crippen LogP contribution is 2.22. The molecule has 1 aliphatic heterocycles. The van der Waals surface area contributed by atoms with E-state index in [0.717, 1.165) is 61.7 Å². The maximum absolute atomic E-state index is 11.1. The number of oxazole rings is 1. The molecule has 6 aromatic heterocycles. The molecule has 6 aromatic rings. The van der Waals surface area contributed by atoms with Gasteiger partial charge in [-0.1, -0.05) is 6.07 Å². The maximum Gasteiger partial charge on any atom is 0.417 e. The quantitative estimate of drug-likeness (QED) is 0.195. The number of Topliss-reactive ketones (excluding diaryl/α,β-unsaturated/α-hetero) is 1. The topological polar surface area (TPSA) is 179 Å². The molecule has 0 saturated carbocycles. The van der Waals surface area contributed by atoms with E-state index in [4.69, 9.17) is 4.42 Å². The molecule has 4 N–H and O–H groups in total. The fourth-order valence-corrected chi connectivity index (χ4v) is 5.69. The first-order chi connectivity index (χ1) is 21.1. The summed E-state index contributed by atoms with van der Waals surface area (Å²) in [6, 6.07) is 3.98. The van der Waals surface area contributed by atoms with Crippen LogP contribution in [0.4, 0.5) is 5.82 Å². The molecule has 226 valence electrons. The zero-order valence-electron chi connectivity index (χ0n) is 24.7. The van der Waals surface area contributed by atoms with Gasteiger partial charge >= 0.3 is 11.4 Å². The number of carbonyl (C=O) groups is 2. The summed E-state index contributed by atoms with van der Waals surface area (Å²) >= 11 is 1.55. The molecule has 0 bridgehead atoms. The van der Waals surface area contributed by atoms with Gasteiger partial charge in [0.05, 0.1) is 18.1 Å². The summed E-state index contributed by atoms with van der Waals surface area (Å²) in [5.41, 5.74) is 9.60. The molecule has 0 saturated heterocycles. The molecule has 0 radical (unpaired) electrons. The van der Waals surface area contributed by atoms with Gasteiger partial charge in [0, 0.05) is 48.3 Å². The van der Waals surface area contributed by atoms with E-state index in [1.807, 2.05) is 45.3 Å². The summed E-state index contributed by atoms with van der Waals surface area (Å²) in [6.07, 6.45) is 9.36. The van der Waals surface area contributed by atoms with E-state index < -0.39 is 5.76 Å². The molecule has 13 heteroatoms. The number of thiophene rings is 1. The molecular formula is C31H31N7O5S. The fourth-order valence-electron chi connectivity index (χ4n) is 4.80. The number of aromatic amines is 3. The number of nitrogens with one attached hydrogen (secondary N) is 4. The van der Waals surface area contributed by atoms with Gasteiger partial charge in [-0.2, -0.15) is 0 Å². The van der Waals surface area contributed by atoms with Crippen molar-refractivity contribution in [3.05, 3.63) is 102 Å². The van der Waals surface area contributed by atoms with E-state index in [-0.39, 0.29) is 11.6 Å². The van der Waals surface area contributed by atoms with Crippen LogP contribution in [0.15, 0.2) is 56.3 Å². The third-order valence-electron chi connectivity index (χ3n) is 7.06. The molecule has 8 rings (SSSR count). The van der Waals surface area contributed by atoms with E-state index in [1.54, 1.807) is 29.9 Å². The number of pyridine rings is 3. The molecule has 7 heterocycles. The summed E-state index contributed by atoms with van der Waals surface area (Å²) in [7, 11) is 0. The predicted molar refractivity (Wildman–Crippen MR) is 168 cm³/mol. The fraction of sp³-hybridized carbons (Fsp3) is 0.258. The second kappa shape index (κ2) is 13.0. The Balaban J connectivity index is 0.000000117. The minimum Gasteiger partial charge on any atom is -0.407 e. The van der Waals surface area contributed by atoms with Gasteiger partial charge in [-0.15, -0.1) is 11.3 Å². The Kier molecular flexibility index (Phi) is 8.95. The predicted octanol–water partition coefficient (Wildman–Crippen LogP) is 4.38. The number of ketones is 1. The number of hydrogen-bond donors (Lipinski definition) is 4. The molecule has 0 aromatic carbocycles. The summed E-state index contributed by atoms with van der Waals surface area (Å²) in [6.45, 7) is 7.81. The van der Waals surface area contributed by atoms with Gasteiger partial charge < -0.3 is 14.7 Å². The van der Waals surface area contributed by atoms with E-state index >= 15 is 0 Å². The van der Waals surface area contributed by atoms with E-state index in [2.05, 4.69) is 41.3 Å². The third-order valence-corrected chi connectivity index (χ3v) is 8.07. The van der Waals surface area contributed by atoms with E-state index in [1.165, 1.54) is 0 Å². The number of aryl methyl sites for hydroxylation is 5. The third kappa shape index (κ3) is 7.06. The number of imidazole rings is 1. The molecule has 0 spiro atoms. The zero-order valence-corrected chi connectivity index (χ0v) is 25.5. The van der Waals surface area contributed by atoms with Crippen LogP contribution < -0.4 is 16.8 Å². The molecular weight excluding hydrogens is 582 g/mol. The van der Waals surface area contributed by atoms with Crippen molar-refractivity contribution in [3.63, 3.8) is 0 Å². The molecule has 44 heavy (non-hydrogen) atoms. The minimum atomic E-state index is -0.434. The van der Waals surface area contributed by atoms with Gasteiger partial charge in [0.15, 0.2) is 5.58 Å². The Morgan fingerprint density at radius 3 is 2.43 bits per heavy atom. The highest BCUT2D eigenvalue weighted by Gasteiger charge is 2.19. The lowest BCUT2D eigenvalue weighted by Gasteiger charge is -2.13. The molecule has 0 atom stereocenters. The van der Waals surface area contributed by atoms with Crippen LogP contribution >= 0.6 is 11.3 Å². The summed E-state index contributed by atoms with van der Waals surface area (Å²) in [5, 5.41) is 4.70. The SMILES string of the molecule is Cc1ccnc2c1CC(=O)N2.Cc1cnc2c(c1)CC(=O)CC2.Cc1cncc2[nH]c(=O)oc12.Cc1csc2[nH]c(=O)[nH]c12. The molecule has 2 aliphatic rings. The highest BCUT2D eigenvalue weighted by molar-refractivity contribution is 7.16. The van der Waals surface area contributed by atoms with Gasteiger partial charge in [0.25, 0.3) is 0 Å². The Bertz CT molecular complexity index is 2100. The van der Waals surface area contributed by atoms with Gasteiger partial charge in [-0.3, -0.25) is 29.5 Å². The van der Waals surface area contributed by atoms with Gasteiger partial charge in [-0.05, 0) is 67.8 Å². The first-order valence-corrected chi connectivity index (χ1v) is 14.7. The molecule has 12 nitrogen and oxygen atoms in total. The van der Waals surface area contributed by atoms with Crippen molar-refractivity contribution in [2.45, 2.75) is 53.4 Å². The average molecular weight is 614 g/mol. The van der Waals surface area contributed by atoms with Crippen molar-refractivity contribution in [3.8, 4) is 0 Å². The van der Waals surface area contributed by atoms with Gasteiger partial charge in [0.2, 0.25) is 5.91 Å². The number of fused-ring (bicyclic) bond motifs is 4. The number of anilines is 1. The zero-order chi connectivity index (χ0) is 31.4. The number of nitrogens with zero attached hydrogens (tertiary/aromatic N) is 3. The summed E-state index contributed by atoms with van der Waals surface area (Å²) < 4.78 is 4.85. The maximum atomic E-state index is 11.1. The Morgan fingerprint density at radius 2 is 1.68 bits per heavy atom. The van der Waals surface area contributed by atoms with Crippen molar-refractivity contribution in [2.75, 3.05) is 5.32 Å². The van der Waals surface area contributed by atoms with Crippen LogP contribution in [0, 0.1) is 27.7 Å². The normalized spacial score (nSPS) is 13.1. The number of amides is 1. The monoisotopic (exact) mass is 613 g/mol. The second-order valence-electron chi connectivity index (χ2n) is 10.6. The van der Waals surface area contributed by atoms with Crippen LogP contribution in [0.2, 0.25) is 0 Å². The summed E-state index contributed by atoms with van der Waals surface area (Å²) in [5.74, 6) is 0.683. The Morgan fingerprint density at radius 1 is 0.864 bits per heavy atom. The molecule has 1 amide bonds. The smallest absolute Gasteiger partial charge is 0.407 e. The van der Waals surface area contributed by atoms with Crippen LogP contribution in [0.25, 0.3) is 21.4 Å². The average Bonchev–Trinajstić information content (AvgIpc) is 3.74. The lowest BCUT2D eigenvalue weighted by Crippen LogP contribution is -2.14. The Labute approximate surface area is 255 Å². The van der Waals surface area contributed by atoms with E-state index in [9.17, 15) is 19.2 Å². The highest BCUT2D eigenvalue weighted by atomic mass is 32.1. The van der Waals surface area contributed by atoms with Crippen molar-refractivity contribution >= 4 is 50.3 Å². The number of aromatic nitrogens is 6. The number of hydrogen-bond acceptors (Lipinski definition) is 9. The Hall–Kier alpha value is -5.17. The lowest BCUT2D eigenvalue weighted by molar-refractivity contribution is -0.119. The van der Waals surface area contributed by atoms with Crippen molar-refractivity contribution in [1.29, 1.82) is 0 Å². The number of rotatable bonds is 0. The first-order valence-electron chi connectivity index (χ1n) is 13.9. The van der Waals surface area contributed by atoms with Gasteiger partial charge in [0.1, 0.15) is 21.9 Å². The van der Waals surface area contributed by atoms with E-state index in [0.29, 0.717) is 36.1 Å². The summed E-state index contributed by atoms with van der Waals surface area (Å²) in [4.78, 5) is 64.5. The van der Waals surface area contributed by atoms with Crippen LogP contribution in [-0.2, 0) is 28.9 Å². The molecule has 1 aliphatic carbocycles. The van der Waals surface area contributed by atoms with Crippen molar-refractivity contribution in [1.82, 2.24) is 29.9 Å². The lowest BCUT2D eigenvalue weighted by atomic mass is 9.94. The second-order valence-corrected chi connectivity index (χ2v) is 11.4.